The number of ether oxygens (including phenoxy) is 1. The van der Waals surface area contributed by atoms with E-state index in [1.54, 1.807) is 0 Å². The molecule has 0 bridgehead atoms. The van der Waals surface area contributed by atoms with Crippen LogP contribution in [0.1, 0.15) is 24.5 Å². The van der Waals surface area contributed by atoms with Crippen molar-refractivity contribution in [3.05, 3.63) is 35.4 Å². The van der Waals surface area contributed by atoms with Crippen LogP contribution in [0.3, 0.4) is 0 Å². The lowest BCUT2D eigenvalue weighted by molar-refractivity contribution is -0.150. The average molecular weight is 263 g/mol. The van der Waals surface area contributed by atoms with E-state index in [1.165, 1.54) is 11.1 Å². The number of hydrogen-bond donors (Lipinski definition) is 1. The highest BCUT2D eigenvalue weighted by Gasteiger charge is 2.21. The normalized spacial score (nSPS) is 16.9. The van der Waals surface area contributed by atoms with Crippen LogP contribution >= 0.6 is 0 Å². The number of rotatable bonds is 6. The smallest absolute Gasteiger partial charge is 0.332 e. The Morgan fingerprint density at radius 2 is 2.16 bits per heavy atom. The van der Waals surface area contributed by atoms with Crippen molar-refractivity contribution in [2.24, 2.45) is 0 Å². The molecule has 0 saturated carbocycles. The number of carboxylic acids is 1. The van der Waals surface area contributed by atoms with Crippen molar-refractivity contribution in [3.8, 4) is 0 Å². The number of carboxylic acid groups (broad SMARTS) is 1. The first kappa shape index (κ1) is 14.0. The Morgan fingerprint density at radius 1 is 1.42 bits per heavy atom. The van der Waals surface area contributed by atoms with Gasteiger partial charge in [0.15, 0.2) is 6.10 Å². The monoisotopic (exact) mass is 263 g/mol. The van der Waals surface area contributed by atoms with Crippen LogP contribution in [0, 0.1) is 0 Å². The Balaban J connectivity index is 1.86. The number of carbonyl (C=O) groups is 1. The summed E-state index contributed by atoms with van der Waals surface area (Å²) in [6.07, 6.45) is 0.913. The van der Waals surface area contributed by atoms with Gasteiger partial charge in [0.05, 0.1) is 0 Å². The topological polar surface area (TPSA) is 49.8 Å². The summed E-state index contributed by atoms with van der Waals surface area (Å²) in [6.45, 7) is 4.95. The summed E-state index contributed by atoms with van der Waals surface area (Å²) in [5.74, 6) is -0.862. The largest absolute Gasteiger partial charge is 0.479 e. The number of aliphatic carboxylic acids is 1. The molecule has 1 aliphatic heterocycles. The number of nitrogens with zero attached hydrogens (tertiary/aromatic N) is 1. The highest BCUT2D eigenvalue weighted by molar-refractivity contribution is 5.72. The zero-order chi connectivity index (χ0) is 13.7. The summed E-state index contributed by atoms with van der Waals surface area (Å²) >= 11 is 0. The molecule has 4 nitrogen and oxygen atoms in total. The van der Waals surface area contributed by atoms with E-state index in [0.29, 0.717) is 13.0 Å². The van der Waals surface area contributed by atoms with E-state index in [2.05, 4.69) is 29.2 Å². The second-order valence-corrected chi connectivity index (χ2v) is 4.87. The van der Waals surface area contributed by atoms with E-state index >= 15 is 0 Å². The molecule has 2 rings (SSSR count). The molecule has 1 aromatic rings. The van der Waals surface area contributed by atoms with Gasteiger partial charge in [0, 0.05) is 26.2 Å². The maximum absolute atomic E-state index is 11.0. The molecule has 0 fully saturated rings. The molecule has 19 heavy (non-hydrogen) atoms. The molecule has 0 radical (unpaired) electrons. The van der Waals surface area contributed by atoms with Crippen LogP contribution in [0.4, 0.5) is 0 Å². The maximum Gasteiger partial charge on any atom is 0.332 e. The minimum absolute atomic E-state index is 0.444. The first-order chi connectivity index (χ1) is 9.20. The summed E-state index contributed by atoms with van der Waals surface area (Å²) in [4.78, 5) is 13.3. The molecule has 0 amide bonds. The average Bonchev–Trinajstić information content (AvgIpc) is 2.43. The third-order valence-corrected chi connectivity index (χ3v) is 3.56. The second-order valence-electron chi connectivity index (χ2n) is 4.87. The summed E-state index contributed by atoms with van der Waals surface area (Å²) in [6, 6.07) is 8.46. The van der Waals surface area contributed by atoms with Crippen molar-refractivity contribution < 1.29 is 14.6 Å². The quantitative estimate of drug-likeness (QED) is 0.852. The standard InChI is InChI=1S/C15H21NO3/c1-2-19-14(15(17)18)8-10-16-9-7-12-5-3-4-6-13(12)11-16/h3-6,14H,2,7-11H2,1H3,(H,17,18). The number of benzene rings is 1. The Morgan fingerprint density at radius 3 is 2.84 bits per heavy atom. The Bertz CT molecular complexity index is 433. The summed E-state index contributed by atoms with van der Waals surface area (Å²) in [5.41, 5.74) is 2.77. The predicted octanol–water partition coefficient (Wildman–Crippen LogP) is 1.92. The molecule has 1 N–H and O–H groups in total. The van der Waals surface area contributed by atoms with Gasteiger partial charge >= 0.3 is 5.97 Å². The molecule has 0 spiro atoms. The van der Waals surface area contributed by atoms with Gasteiger partial charge in [-0.15, -0.1) is 0 Å². The molecule has 4 heteroatoms. The van der Waals surface area contributed by atoms with Gasteiger partial charge in [0.25, 0.3) is 0 Å². The molecule has 1 aromatic carbocycles. The minimum atomic E-state index is -0.862. The van der Waals surface area contributed by atoms with Crippen LogP contribution in [0.5, 0.6) is 0 Å². The molecular weight excluding hydrogens is 242 g/mol. The molecule has 1 unspecified atom stereocenters. The molecule has 1 heterocycles. The maximum atomic E-state index is 11.0. The molecule has 104 valence electrons. The van der Waals surface area contributed by atoms with Crippen molar-refractivity contribution in [2.45, 2.75) is 32.4 Å². The first-order valence-electron chi connectivity index (χ1n) is 6.84. The van der Waals surface area contributed by atoms with E-state index in [1.807, 2.05) is 6.92 Å². The lowest BCUT2D eigenvalue weighted by Crippen LogP contribution is -2.35. The van der Waals surface area contributed by atoms with Crippen molar-refractivity contribution in [1.82, 2.24) is 4.90 Å². The molecule has 0 saturated heterocycles. The Labute approximate surface area is 114 Å². The van der Waals surface area contributed by atoms with E-state index in [4.69, 9.17) is 9.84 Å². The van der Waals surface area contributed by atoms with Crippen molar-refractivity contribution in [3.63, 3.8) is 0 Å². The third-order valence-electron chi connectivity index (χ3n) is 3.56. The van der Waals surface area contributed by atoms with Crippen molar-refractivity contribution in [1.29, 1.82) is 0 Å². The summed E-state index contributed by atoms with van der Waals surface area (Å²) < 4.78 is 5.24. The van der Waals surface area contributed by atoms with Gasteiger partial charge < -0.3 is 9.84 Å². The van der Waals surface area contributed by atoms with Crippen LogP contribution in [-0.2, 0) is 22.5 Å². The van der Waals surface area contributed by atoms with Gasteiger partial charge in [0.1, 0.15) is 0 Å². The first-order valence-corrected chi connectivity index (χ1v) is 6.84. The second kappa shape index (κ2) is 6.68. The van der Waals surface area contributed by atoms with Gasteiger partial charge in [-0.05, 0) is 30.9 Å². The van der Waals surface area contributed by atoms with Crippen molar-refractivity contribution in [2.75, 3.05) is 19.7 Å². The fourth-order valence-electron chi connectivity index (χ4n) is 2.52. The van der Waals surface area contributed by atoms with Crippen molar-refractivity contribution >= 4 is 5.97 Å². The minimum Gasteiger partial charge on any atom is -0.479 e. The van der Waals surface area contributed by atoms with Crippen LogP contribution in [0.15, 0.2) is 24.3 Å². The zero-order valence-electron chi connectivity index (χ0n) is 11.3. The fraction of sp³-hybridized carbons (Fsp3) is 0.533. The molecule has 0 aliphatic carbocycles. The Hall–Kier alpha value is -1.39. The fourth-order valence-corrected chi connectivity index (χ4v) is 2.52. The lowest BCUT2D eigenvalue weighted by atomic mass is 10.00. The van der Waals surface area contributed by atoms with E-state index in [0.717, 1.165) is 26.1 Å². The summed E-state index contributed by atoms with van der Waals surface area (Å²) in [7, 11) is 0. The lowest BCUT2D eigenvalue weighted by Gasteiger charge is -2.29. The van der Waals surface area contributed by atoms with Crippen LogP contribution < -0.4 is 0 Å². The molecule has 1 atom stereocenters. The van der Waals surface area contributed by atoms with E-state index in [9.17, 15) is 4.79 Å². The molecule has 0 aromatic heterocycles. The number of hydrogen-bond acceptors (Lipinski definition) is 3. The highest BCUT2D eigenvalue weighted by Crippen LogP contribution is 2.18. The summed E-state index contributed by atoms with van der Waals surface area (Å²) in [5, 5.41) is 9.05. The predicted molar refractivity (Wildman–Crippen MR) is 73.1 cm³/mol. The Kier molecular flexibility index (Phi) is 4.93. The third kappa shape index (κ3) is 3.78. The van der Waals surface area contributed by atoms with E-state index in [-0.39, 0.29) is 0 Å². The van der Waals surface area contributed by atoms with Crippen LogP contribution in [0.2, 0.25) is 0 Å². The van der Waals surface area contributed by atoms with Crippen LogP contribution in [-0.4, -0.2) is 41.8 Å². The van der Waals surface area contributed by atoms with Gasteiger partial charge in [0.2, 0.25) is 0 Å². The molecular formula is C15H21NO3. The van der Waals surface area contributed by atoms with Crippen LogP contribution in [0.25, 0.3) is 0 Å². The highest BCUT2D eigenvalue weighted by atomic mass is 16.5. The number of fused-ring (bicyclic) bond motifs is 1. The van der Waals surface area contributed by atoms with E-state index < -0.39 is 12.1 Å². The van der Waals surface area contributed by atoms with Gasteiger partial charge in [-0.3, -0.25) is 4.90 Å². The molecule has 1 aliphatic rings. The SMILES string of the molecule is CCOC(CCN1CCc2ccccc2C1)C(=O)O. The zero-order valence-corrected chi connectivity index (χ0v) is 11.3. The van der Waals surface area contributed by atoms with Gasteiger partial charge in [-0.2, -0.15) is 0 Å². The van der Waals surface area contributed by atoms with Gasteiger partial charge in [-0.1, -0.05) is 24.3 Å². The van der Waals surface area contributed by atoms with Gasteiger partial charge in [-0.25, -0.2) is 4.79 Å².